The van der Waals surface area contributed by atoms with Gasteiger partial charge in [-0.3, -0.25) is 52.7 Å². The maximum absolute atomic E-state index is 13.8. The lowest BCUT2D eigenvalue weighted by atomic mass is 10.0. The van der Waals surface area contributed by atoms with Gasteiger partial charge in [-0.1, -0.05) is 56.5 Å². The van der Waals surface area contributed by atoms with Gasteiger partial charge < -0.3 is 96.7 Å². The number of aliphatic hydroxyl groups is 3. The second-order valence-corrected chi connectivity index (χ2v) is 19.4. The van der Waals surface area contributed by atoms with Crippen LogP contribution in [0.2, 0.25) is 0 Å². The summed E-state index contributed by atoms with van der Waals surface area (Å²) >= 11 is 0. The molecule has 0 radical (unpaired) electrons. The molecule has 29 heteroatoms. The zero-order chi connectivity index (χ0) is 60.3. The first kappa shape index (κ1) is 71.1. The van der Waals surface area contributed by atoms with Crippen LogP contribution in [0.4, 0.5) is 0 Å². The number of rotatable bonds is 41. The maximum atomic E-state index is 13.8. The molecule has 29 nitrogen and oxygen atoms in total. The Morgan fingerprint density at radius 2 is 0.900 bits per heavy atom. The van der Waals surface area contributed by atoms with Crippen LogP contribution in [0.3, 0.4) is 0 Å². The van der Waals surface area contributed by atoms with Crippen LogP contribution in [-0.4, -0.2) is 193 Å². The van der Waals surface area contributed by atoms with Crippen LogP contribution in [0.1, 0.15) is 104 Å². The summed E-state index contributed by atoms with van der Waals surface area (Å²) in [6, 6.07) is -3.59. The molecule has 1 aromatic carbocycles. The third-order valence-corrected chi connectivity index (χ3v) is 12.4. The van der Waals surface area contributed by atoms with Gasteiger partial charge in [0, 0.05) is 25.4 Å². The maximum Gasteiger partial charge on any atom is 0.245 e. The van der Waals surface area contributed by atoms with Crippen molar-refractivity contribution in [2.45, 2.75) is 178 Å². The Labute approximate surface area is 466 Å². The number of amides is 11. The molecule has 10 unspecified atom stereocenters. The van der Waals surface area contributed by atoms with Crippen molar-refractivity contribution in [2.75, 3.05) is 39.3 Å². The van der Waals surface area contributed by atoms with E-state index in [2.05, 4.69) is 58.5 Å². The fourth-order valence-electron chi connectivity index (χ4n) is 7.84. The molecule has 452 valence electrons. The van der Waals surface area contributed by atoms with Crippen LogP contribution in [0.5, 0.6) is 0 Å². The summed E-state index contributed by atoms with van der Waals surface area (Å²) in [6.07, 6.45) is -1.13. The first-order chi connectivity index (χ1) is 38.0. The van der Waals surface area contributed by atoms with Crippen LogP contribution >= 0.6 is 0 Å². The zero-order valence-electron chi connectivity index (χ0n) is 46.6. The van der Waals surface area contributed by atoms with Gasteiger partial charge in [-0.2, -0.15) is 0 Å². The molecule has 0 spiro atoms. The van der Waals surface area contributed by atoms with E-state index in [0.717, 1.165) is 19.3 Å². The minimum atomic E-state index is -1.68. The second kappa shape index (κ2) is 39.5. The van der Waals surface area contributed by atoms with Crippen molar-refractivity contribution in [1.29, 1.82) is 0 Å². The number of carbonyl (C=O) groups is 11. The SMILES string of the molecule is CCCCCCC(=O)NCC(=O)NC(C(=O)NC(CCN)C(=O)N[C@@H](CCNC(=O)C(NC(=O)C(CCN)NC(=O)C(CCN)NC(=O)C(NC(=O)[C@@H](Cc1ccccc1)NC=O)C(C)O)C(C)O)C(=O)NC(C)CCN)C(C)O. The monoisotopic (exact) mass is 1140 g/mol. The summed E-state index contributed by atoms with van der Waals surface area (Å²) in [4.78, 5) is 145. The molecular formula is C51H89N15O14. The molecule has 0 aliphatic carbocycles. The highest BCUT2D eigenvalue weighted by Crippen LogP contribution is 2.08. The van der Waals surface area contributed by atoms with Crippen molar-refractivity contribution in [3.05, 3.63) is 35.9 Å². The Bertz CT molecular complexity index is 2120. The normalized spacial score (nSPS) is 15.6. The molecule has 0 aromatic heterocycles. The van der Waals surface area contributed by atoms with Gasteiger partial charge in [-0.25, -0.2) is 0 Å². The number of unbranched alkanes of at least 4 members (excludes halogenated alkanes) is 3. The van der Waals surface area contributed by atoms with Crippen molar-refractivity contribution in [3.63, 3.8) is 0 Å². The molecule has 1 aromatic rings. The van der Waals surface area contributed by atoms with Crippen molar-refractivity contribution >= 4 is 65.5 Å². The summed E-state index contributed by atoms with van der Waals surface area (Å²) in [7, 11) is 0. The molecule has 0 saturated heterocycles. The Morgan fingerprint density at radius 3 is 1.36 bits per heavy atom. The largest absolute Gasteiger partial charge is 0.391 e. The van der Waals surface area contributed by atoms with Crippen LogP contribution in [0.25, 0.3) is 0 Å². The molecule has 0 saturated carbocycles. The molecule has 1 rings (SSSR count). The van der Waals surface area contributed by atoms with E-state index in [1.807, 2.05) is 6.92 Å². The number of hydrogen-bond donors (Lipinski definition) is 18. The summed E-state index contributed by atoms with van der Waals surface area (Å²) in [5, 5.41) is 58.7. The van der Waals surface area contributed by atoms with Crippen molar-refractivity contribution < 1.29 is 68.1 Å². The number of aliphatic hydroxyl groups excluding tert-OH is 3. The first-order valence-corrected chi connectivity index (χ1v) is 27.0. The van der Waals surface area contributed by atoms with E-state index >= 15 is 0 Å². The Kier molecular flexibility index (Phi) is 35.1. The summed E-state index contributed by atoms with van der Waals surface area (Å²) < 4.78 is 0. The van der Waals surface area contributed by atoms with Gasteiger partial charge >= 0.3 is 0 Å². The lowest BCUT2D eigenvalue weighted by Gasteiger charge is -2.28. The topological polar surface area (TPSA) is 485 Å². The summed E-state index contributed by atoms with van der Waals surface area (Å²) in [6.45, 7) is 6.17. The van der Waals surface area contributed by atoms with E-state index in [4.69, 9.17) is 22.9 Å². The van der Waals surface area contributed by atoms with Crippen LogP contribution in [0, 0.1) is 0 Å². The molecule has 80 heavy (non-hydrogen) atoms. The van der Waals surface area contributed by atoms with E-state index < -0.39 is 132 Å². The molecule has 0 aliphatic rings. The minimum Gasteiger partial charge on any atom is -0.391 e. The van der Waals surface area contributed by atoms with E-state index in [1.165, 1.54) is 20.8 Å². The van der Waals surface area contributed by atoms with Crippen molar-refractivity contribution in [1.82, 2.24) is 58.5 Å². The Hall–Kier alpha value is -6.89. The average molecular weight is 1140 g/mol. The van der Waals surface area contributed by atoms with Crippen LogP contribution in [-0.2, 0) is 59.2 Å². The molecular weight excluding hydrogens is 1050 g/mol. The van der Waals surface area contributed by atoms with Gasteiger partial charge in [-0.15, -0.1) is 0 Å². The van der Waals surface area contributed by atoms with Crippen LogP contribution in [0.15, 0.2) is 30.3 Å². The number of benzene rings is 1. The summed E-state index contributed by atoms with van der Waals surface area (Å²) in [5.41, 5.74) is 23.7. The Morgan fingerprint density at radius 1 is 0.475 bits per heavy atom. The van der Waals surface area contributed by atoms with Gasteiger partial charge in [0.05, 0.1) is 24.9 Å². The van der Waals surface area contributed by atoms with Crippen LogP contribution < -0.4 is 81.4 Å². The highest BCUT2D eigenvalue weighted by Gasteiger charge is 2.36. The quantitative estimate of drug-likeness (QED) is 0.0214. The van der Waals surface area contributed by atoms with Crippen molar-refractivity contribution in [3.8, 4) is 0 Å². The van der Waals surface area contributed by atoms with E-state index in [1.54, 1.807) is 37.3 Å². The lowest BCUT2D eigenvalue weighted by molar-refractivity contribution is -0.136. The van der Waals surface area contributed by atoms with Gasteiger partial charge in [0.25, 0.3) is 0 Å². The highest BCUT2D eigenvalue weighted by molar-refractivity contribution is 5.97. The van der Waals surface area contributed by atoms with E-state index in [0.29, 0.717) is 24.8 Å². The molecule has 0 bridgehead atoms. The standard InChI is InChI=1S/C51H89N15O14/c1-6-7-8-12-15-39(71)57-27-40(72)64-42(31(4)69)50(79)62-35(18-23-54)46(75)61-37(44(73)59-29(2)16-21-52)20-25-56-49(78)41(30(3)68)65-47(76)36(19-24-55)60-45(74)34(17-22-53)63-51(80)43(32(5)70)66-48(77)38(58-28-67)26-33-13-10-9-11-14-33/h9-11,13-14,28-32,34-38,41-43,68-70H,6-8,12,15-27,52-55H2,1-5H3,(H,56,78)(H,57,71)(H,58,67)(H,59,73)(H,60,74)(H,61,75)(H,62,79)(H,63,80)(H,64,72)(H,65,76)(H,66,77)/t29?,30?,31?,32?,34?,35?,36?,37-,38+,41?,42?,43?/m0/s1. The number of hydrogen-bond acceptors (Lipinski definition) is 18. The van der Waals surface area contributed by atoms with E-state index in [-0.39, 0.29) is 77.2 Å². The predicted molar refractivity (Wildman–Crippen MR) is 293 cm³/mol. The van der Waals surface area contributed by atoms with E-state index in [9.17, 15) is 68.1 Å². The number of nitrogens with two attached hydrogens (primary N) is 4. The third kappa shape index (κ3) is 27.3. The predicted octanol–water partition coefficient (Wildman–Crippen LogP) is -6.63. The minimum absolute atomic E-state index is 0.0403. The Balaban J connectivity index is 3.19. The molecule has 12 atom stereocenters. The average Bonchev–Trinajstić information content (AvgIpc) is 3.40. The van der Waals surface area contributed by atoms with Gasteiger partial charge in [0.15, 0.2) is 0 Å². The smallest absolute Gasteiger partial charge is 0.245 e. The van der Waals surface area contributed by atoms with Gasteiger partial charge in [0.2, 0.25) is 65.5 Å². The third-order valence-electron chi connectivity index (χ3n) is 12.4. The fourth-order valence-corrected chi connectivity index (χ4v) is 7.84. The second-order valence-electron chi connectivity index (χ2n) is 19.4. The number of carbonyl (C=O) groups excluding carboxylic acids is 11. The zero-order valence-corrected chi connectivity index (χ0v) is 46.6. The molecule has 0 aliphatic heterocycles. The van der Waals surface area contributed by atoms with Gasteiger partial charge in [-0.05, 0) is 98.0 Å². The van der Waals surface area contributed by atoms with Crippen molar-refractivity contribution in [2.24, 2.45) is 22.9 Å². The molecule has 22 N–H and O–H groups in total. The molecule has 0 heterocycles. The highest BCUT2D eigenvalue weighted by atomic mass is 16.3. The molecule has 0 fully saturated rings. The molecule has 11 amide bonds. The first-order valence-electron chi connectivity index (χ1n) is 27.0. The fraction of sp³-hybridized carbons (Fsp3) is 0.667. The van der Waals surface area contributed by atoms with Gasteiger partial charge in [0.1, 0.15) is 48.3 Å². The number of nitrogens with one attached hydrogen (secondary N) is 11. The lowest BCUT2D eigenvalue weighted by Crippen LogP contribution is -2.62. The summed E-state index contributed by atoms with van der Waals surface area (Å²) in [5.74, 6) is -8.51.